The Bertz CT molecular complexity index is 235. The average Bonchev–Trinajstić information content (AvgIpc) is 2.55. The first kappa shape index (κ1) is 7.81. The van der Waals surface area contributed by atoms with Gasteiger partial charge in [-0.05, 0) is 53.7 Å². The van der Waals surface area contributed by atoms with Crippen LogP contribution in [0.3, 0.4) is 0 Å². The van der Waals surface area contributed by atoms with E-state index in [1.165, 1.54) is 14.6 Å². The van der Waals surface area contributed by atoms with Crippen LogP contribution in [0.15, 0.2) is 15.9 Å². The second kappa shape index (κ2) is 3.28. The van der Waals surface area contributed by atoms with E-state index in [1.807, 2.05) is 0 Å². The van der Waals surface area contributed by atoms with Gasteiger partial charge in [0.15, 0.2) is 0 Å². The van der Waals surface area contributed by atoms with Crippen molar-refractivity contribution >= 4 is 27.3 Å². The van der Waals surface area contributed by atoms with Gasteiger partial charge in [-0.1, -0.05) is 0 Å². The van der Waals surface area contributed by atoms with E-state index < -0.39 is 0 Å². The van der Waals surface area contributed by atoms with Gasteiger partial charge in [0, 0.05) is 10.8 Å². The van der Waals surface area contributed by atoms with Crippen LogP contribution in [0.25, 0.3) is 0 Å². The Morgan fingerprint density at radius 3 is 2.36 bits per heavy atom. The van der Waals surface area contributed by atoms with E-state index in [0.29, 0.717) is 0 Å². The molecule has 0 saturated heterocycles. The topological polar surface area (TPSA) is 0 Å². The Morgan fingerprint density at radius 1 is 1.09 bits per heavy atom. The number of hydrogen-bond acceptors (Lipinski definition) is 1. The monoisotopic (exact) mass is 225 g/mol. The molecule has 1 heterocycles. The van der Waals surface area contributed by atoms with Gasteiger partial charge in [-0.25, -0.2) is 0 Å². The minimum Gasteiger partial charge on any atom is -0.133 e. The van der Waals surface area contributed by atoms with Gasteiger partial charge in [0.1, 0.15) is 0 Å². The molecule has 0 bridgehead atoms. The Labute approximate surface area is 79.8 Å². The van der Waals surface area contributed by atoms with Crippen molar-refractivity contribution in [1.82, 2.24) is 0 Å². The fourth-order valence-electron chi connectivity index (χ4n) is 1.01. The van der Waals surface area contributed by atoms with Crippen LogP contribution in [-0.4, -0.2) is 0 Å². The van der Waals surface area contributed by atoms with Gasteiger partial charge >= 0.3 is 0 Å². The van der Waals surface area contributed by atoms with Crippen LogP contribution >= 0.6 is 27.3 Å². The first-order valence-corrected chi connectivity index (χ1v) is 4.94. The molecular weight excluding hydrogens is 220 g/mol. The number of halogens is 1. The third kappa shape index (κ3) is 1.67. The van der Waals surface area contributed by atoms with Crippen LogP contribution in [0.4, 0.5) is 0 Å². The first-order valence-electron chi connectivity index (χ1n) is 3.34. The Morgan fingerprint density at radius 2 is 1.82 bits per heavy atom. The molecule has 0 unspecified atom stereocenters. The van der Waals surface area contributed by atoms with Crippen LogP contribution in [-0.2, 0) is 0 Å². The van der Waals surface area contributed by atoms with Gasteiger partial charge in [0.25, 0.3) is 0 Å². The highest BCUT2D eigenvalue weighted by atomic mass is 79.9. The van der Waals surface area contributed by atoms with Gasteiger partial charge < -0.3 is 0 Å². The molecule has 5 radical (unpaired) electrons. The molecule has 1 fully saturated rings. The summed E-state index contributed by atoms with van der Waals surface area (Å²) in [5.74, 6) is 1.31. The number of hydrogen-bond donors (Lipinski definition) is 0. The Hall–Kier alpha value is 0.180. The highest BCUT2D eigenvalue weighted by Gasteiger charge is 2.19. The van der Waals surface area contributed by atoms with Crippen LogP contribution in [0.1, 0.15) is 4.88 Å². The molecule has 0 atom stereocenters. The maximum atomic E-state index is 3.44. The summed E-state index contributed by atoms with van der Waals surface area (Å²) in [5.41, 5.74) is 0. The molecule has 11 heavy (non-hydrogen) atoms. The summed E-state index contributed by atoms with van der Waals surface area (Å²) < 4.78 is 1.19. The molecule has 2 rings (SSSR count). The molecule has 1 aliphatic rings. The lowest BCUT2D eigenvalue weighted by atomic mass is 10.1. The van der Waals surface area contributed by atoms with Gasteiger partial charge in [-0.15, -0.1) is 11.3 Å². The predicted octanol–water partition coefficient (Wildman–Crippen LogP) is 3.26. The Balaban J connectivity index is 2.15. The molecule has 0 aliphatic heterocycles. The zero-order valence-electron chi connectivity index (χ0n) is 5.75. The van der Waals surface area contributed by atoms with Crippen molar-refractivity contribution < 1.29 is 0 Å². The fourth-order valence-corrected chi connectivity index (χ4v) is 2.40. The minimum absolute atomic E-state index is 1.19. The molecule has 55 valence electrons. The largest absolute Gasteiger partial charge is 0.133 e. The molecule has 2 heteroatoms. The predicted molar refractivity (Wildman–Crippen MR) is 51.6 cm³/mol. The maximum absolute atomic E-state index is 3.44. The van der Waals surface area contributed by atoms with E-state index in [9.17, 15) is 0 Å². The SMILES string of the molecule is Brc1ccc([C]2[CH][CH][CH][CH]2)s1. The van der Waals surface area contributed by atoms with E-state index in [0.717, 1.165) is 0 Å². The molecule has 1 aromatic rings. The summed E-state index contributed by atoms with van der Waals surface area (Å²) in [6.07, 6.45) is 8.36. The first-order chi connectivity index (χ1) is 5.36. The number of rotatable bonds is 1. The second-order valence-electron chi connectivity index (χ2n) is 2.28. The molecule has 1 saturated carbocycles. The molecule has 0 aromatic carbocycles. The van der Waals surface area contributed by atoms with E-state index in [-0.39, 0.29) is 0 Å². The van der Waals surface area contributed by atoms with Gasteiger partial charge in [-0.2, -0.15) is 0 Å². The standard InChI is InChI=1S/C9H6BrS/c10-9-6-5-8(11-9)7-3-1-2-4-7/h1-6H. The summed E-state index contributed by atoms with van der Waals surface area (Å²) in [4.78, 5) is 1.32. The normalized spacial score (nSPS) is 19.4. The van der Waals surface area contributed by atoms with Crippen LogP contribution in [0, 0.1) is 31.6 Å². The van der Waals surface area contributed by atoms with Crippen molar-refractivity contribution in [2.45, 2.75) is 0 Å². The summed E-state index contributed by atoms with van der Waals surface area (Å²) in [6, 6.07) is 4.21. The quantitative estimate of drug-likeness (QED) is 0.689. The molecule has 0 N–H and O–H groups in total. The molecular formula is C9H6BrS. The van der Waals surface area contributed by atoms with Gasteiger partial charge in [0.2, 0.25) is 0 Å². The number of thiophene rings is 1. The molecule has 0 spiro atoms. The van der Waals surface area contributed by atoms with Crippen molar-refractivity contribution in [3.63, 3.8) is 0 Å². The van der Waals surface area contributed by atoms with E-state index >= 15 is 0 Å². The highest BCUT2D eigenvalue weighted by Crippen LogP contribution is 2.35. The third-order valence-corrected chi connectivity index (χ3v) is 3.19. The lowest BCUT2D eigenvalue weighted by Gasteiger charge is -2.01. The Kier molecular flexibility index (Phi) is 2.33. The van der Waals surface area contributed by atoms with E-state index in [1.54, 1.807) is 11.3 Å². The zero-order valence-corrected chi connectivity index (χ0v) is 8.15. The molecule has 1 aliphatic carbocycles. The molecule has 1 aromatic heterocycles. The summed E-state index contributed by atoms with van der Waals surface area (Å²) in [7, 11) is 0. The van der Waals surface area contributed by atoms with E-state index in [4.69, 9.17) is 0 Å². The van der Waals surface area contributed by atoms with Gasteiger partial charge in [0.05, 0.1) is 3.79 Å². The van der Waals surface area contributed by atoms with Crippen LogP contribution in [0.5, 0.6) is 0 Å². The van der Waals surface area contributed by atoms with Crippen LogP contribution in [0.2, 0.25) is 0 Å². The van der Waals surface area contributed by atoms with Crippen molar-refractivity contribution in [2.75, 3.05) is 0 Å². The van der Waals surface area contributed by atoms with Crippen molar-refractivity contribution in [3.05, 3.63) is 52.4 Å². The lowest BCUT2D eigenvalue weighted by Crippen LogP contribution is -1.88. The van der Waals surface area contributed by atoms with Gasteiger partial charge in [-0.3, -0.25) is 0 Å². The smallest absolute Gasteiger partial charge is 0.0701 e. The third-order valence-electron chi connectivity index (χ3n) is 1.52. The lowest BCUT2D eigenvalue weighted by molar-refractivity contribution is 1.35. The average molecular weight is 226 g/mol. The maximum Gasteiger partial charge on any atom is 0.0701 e. The molecule has 0 amide bonds. The van der Waals surface area contributed by atoms with Crippen molar-refractivity contribution in [1.29, 1.82) is 0 Å². The summed E-state index contributed by atoms with van der Waals surface area (Å²) in [5, 5.41) is 0. The molecule has 0 nitrogen and oxygen atoms in total. The second-order valence-corrected chi connectivity index (χ2v) is 4.74. The highest BCUT2D eigenvalue weighted by molar-refractivity contribution is 9.11. The van der Waals surface area contributed by atoms with E-state index in [2.05, 4.69) is 53.7 Å². The van der Waals surface area contributed by atoms with Crippen molar-refractivity contribution in [3.8, 4) is 0 Å². The minimum atomic E-state index is 1.19. The summed E-state index contributed by atoms with van der Waals surface area (Å²) in [6.45, 7) is 0. The fraction of sp³-hybridized carbons (Fsp3) is 0. The summed E-state index contributed by atoms with van der Waals surface area (Å²) >= 11 is 5.20. The van der Waals surface area contributed by atoms with Crippen molar-refractivity contribution in [2.24, 2.45) is 0 Å². The van der Waals surface area contributed by atoms with Crippen LogP contribution < -0.4 is 0 Å². The zero-order chi connectivity index (χ0) is 7.68.